The number of sulfonamides is 1. The van der Waals surface area contributed by atoms with E-state index in [0.717, 1.165) is 0 Å². The lowest BCUT2D eigenvalue weighted by Gasteiger charge is -2.33. The van der Waals surface area contributed by atoms with Crippen LogP contribution in [0.25, 0.3) is 0 Å². The number of rotatable bonds is 7. The van der Waals surface area contributed by atoms with Gasteiger partial charge >= 0.3 is 12.1 Å². The highest BCUT2D eigenvalue weighted by molar-refractivity contribution is 7.89. The molecule has 2 aliphatic heterocycles. The maximum absolute atomic E-state index is 13.1. The number of carbonyl (C=O) groups is 3. The van der Waals surface area contributed by atoms with Gasteiger partial charge in [0.05, 0.1) is 32.5 Å². The van der Waals surface area contributed by atoms with Gasteiger partial charge in [0.2, 0.25) is 10.0 Å². The van der Waals surface area contributed by atoms with E-state index in [1.165, 1.54) is 39.4 Å². The van der Waals surface area contributed by atoms with Crippen LogP contribution in [-0.4, -0.2) is 113 Å². The number of hydrogen-bond donors (Lipinski definition) is 0. The van der Waals surface area contributed by atoms with E-state index in [9.17, 15) is 22.8 Å². The first kappa shape index (κ1) is 25.7. The molecule has 0 saturated carbocycles. The number of ether oxygens (including phenoxy) is 4. The average Bonchev–Trinajstić information content (AvgIpc) is 2.87. The molecule has 0 bridgehead atoms. The van der Waals surface area contributed by atoms with Crippen LogP contribution in [0, 0.1) is 0 Å². The third-order valence-electron chi connectivity index (χ3n) is 5.47. The molecule has 0 N–H and O–H groups in total. The van der Waals surface area contributed by atoms with E-state index in [-0.39, 0.29) is 49.1 Å². The van der Waals surface area contributed by atoms with Crippen molar-refractivity contribution < 1.29 is 41.7 Å². The van der Waals surface area contributed by atoms with Crippen LogP contribution in [0.1, 0.15) is 17.3 Å². The highest BCUT2D eigenvalue weighted by Gasteiger charge is 2.31. The molecule has 188 valence electrons. The Bertz CT molecular complexity index is 1000. The van der Waals surface area contributed by atoms with Crippen molar-refractivity contribution in [3.63, 3.8) is 0 Å². The number of morpholine rings is 1. The molecule has 0 spiro atoms. The second-order valence-corrected chi connectivity index (χ2v) is 9.43. The molecular weight excluding hydrogens is 470 g/mol. The molecule has 34 heavy (non-hydrogen) atoms. The van der Waals surface area contributed by atoms with E-state index in [2.05, 4.69) is 0 Å². The molecule has 0 atom stereocenters. The zero-order chi connectivity index (χ0) is 24.7. The quantitative estimate of drug-likeness (QED) is 0.482. The van der Waals surface area contributed by atoms with Crippen LogP contribution in [-0.2, 0) is 29.0 Å². The van der Waals surface area contributed by atoms with Gasteiger partial charge in [-0.05, 0) is 25.1 Å². The van der Waals surface area contributed by atoms with Crippen LogP contribution in [0.2, 0.25) is 0 Å². The summed E-state index contributed by atoms with van der Waals surface area (Å²) < 4.78 is 47.9. The first-order valence-corrected chi connectivity index (χ1v) is 12.3. The molecule has 2 saturated heterocycles. The Hall–Kier alpha value is -2.90. The minimum atomic E-state index is -3.92. The molecule has 13 heteroatoms. The van der Waals surface area contributed by atoms with Gasteiger partial charge in [-0.1, -0.05) is 0 Å². The van der Waals surface area contributed by atoms with Crippen molar-refractivity contribution in [2.45, 2.75) is 11.8 Å². The lowest BCUT2D eigenvalue weighted by molar-refractivity contribution is -0.136. The van der Waals surface area contributed by atoms with E-state index < -0.39 is 34.6 Å². The molecule has 2 aliphatic rings. The van der Waals surface area contributed by atoms with Gasteiger partial charge in [-0.2, -0.15) is 4.31 Å². The molecule has 0 aromatic heterocycles. The molecule has 3 rings (SSSR count). The van der Waals surface area contributed by atoms with Gasteiger partial charge in [0.25, 0.3) is 5.91 Å². The topological polar surface area (TPSA) is 132 Å². The molecule has 0 aliphatic carbocycles. The van der Waals surface area contributed by atoms with Gasteiger partial charge < -0.3 is 28.7 Å². The van der Waals surface area contributed by atoms with E-state index >= 15 is 0 Å². The Morgan fingerprint density at radius 3 is 2.24 bits per heavy atom. The first-order valence-electron chi connectivity index (χ1n) is 10.9. The van der Waals surface area contributed by atoms with Gasteiger partial charge in [-0.25, -0.2) is 18.0 Å². The highest BCUT2D eigenvalue weighted by Crippen LogP contribution is 2.28. The fourth-order valence-electron chi connectivity index (χ4n) is 3.59. The number of amides is 2. The summed E-state index contributed by atoms with van der Waals surface area (Å²) in [6.07, 6.45) is -0.427. The van der Waals surface area contributed by atoms with Crippen LogP contribution in [0.5, 0.6) is 5.75 Å². The zero-order valence-corrected chi connectivity index (χ0v) is 20.0. The summed E-state index contributed by atoms with van der Waals surface area (Å²) in [5.41, 5.74) is -0.0208. The SMILES string of the molecule is CCOC(=O)N1CCN(C(=O)COC(=O)c2ccc(OC)c(S(=O)(=O)N3CCOCC3)c2)CC1. The Kier molecular flexibility index (Phi) is 8.69. The molecule has 2 heterocycles. The number of carbonyl (C=O) groups excluding carboxylic acids is 3. The molecule has 12 nitrogen and oxygen atoms in total. The Morgan fingerprint density at radius 1 is 0.971 bits per heavy atom. The van der Waals surface area contributed by atoms with Crippen molar-refractivity contribution >= 4 is 28.0 Å². The number of esters is 1. The summed E-state index contributed by atoms with van der Waals surface area (Å²) >= 11 is 0. The van der Waals surface area contributed by atoms with Crippen LogP contribution in [0.15, 0.2) is 23.1 Å². The monoisotopic (exact) mass is 499 g/mol. The van der Waals surface area contributed by atoms with Crippen LogP contribution in [0.4, 0.5) is 4.79 Å². The lowest BCUT2D eigenvalue weighted by atomic mass is 10.2. The largest absolute Gasteiger partial charge is 0.495 e. The maximum Gasteiger partial charge on any atom is 0.409 e. The van der Waals surface area contributed by atoms with Crippen LogP contribution in [0.3, 0.4) is 0 Å². The second-order valence-electron chi connectivity index (χ2n) is 7.52. The standard InChI is InChI=1S/C21H29N3O9S/c1-3-32-21(27)23-8-6-22(7-9-23)19(25)15-33-20(26)16-4-5-17(30-2)18(14-16)34(28,29)24-10-12-31-13-11-24/h4-5,14H,3,6-13,15H2,1-2H3. The Balaban J connectivity index is 1.61. The first-order chi connectivity index (χ1) is 16.3. The molecule has 1 aromatic carbocycles. The summed E-state index contributed by atoms with van der Waals surface area (Å²) in [5.74, 6) is -1.15. The summed E-state index contributed by atoms with van der Waals surface area (Å²) in [6, 6.07) is 3.94. The smallest absolute Gasteiger partial charge is 0.409 e. The number of nitrogens with zero attached hydrogens (tertiary/aromatic N) is 3. The minimum absolute atomic E-state index is 0.0208. The summed E-state index contributed by atoms with van der Waals surface area (Å²) in [5, 5.41) is 0. The van der Waals surface area contributed by atoms with Crippen molar-refractivity contribution in [3.05, 3.63) is 23.8 Å². The van der Waals surface area contributed by atoms with Gasteiger partial charge in [-0.3, -0.25) is 4.79 Å². The van der Waals surface area contributed by atoms with Gasteiger partial charge in [0, 0.05) is 39.3 Å². The molecule has 2 fully saturated rings. The molecule has 2 amide bonds. The van der Waals surface area contributed by atoms with Gasteiger partial charge in [0.1, 0.15) is 10.6 Å². The summed E-state index contributed by atoms with van der Waals surface area (Å²) in [6.45, 7) is 3.65. The summed E-state index contributed by atoms with van der Waals surface area (Å²) in [7, 11) is -2.58. The predicted octanol–water partition coefficient (Wildman–Crippen LogP) is 0.174. The molecular formula is C21H29N3O9S. The number of benzene rings is 1. The Morgan fingerprint density at radius 2 is 1.62 bits per heavy atom. The molecule has 0 unspecified atom stereocenters. The number of methoxy groups -OCH3 is 1. The summed E-state index contributed by atoms with van der Waals surface area (Å²) in [4.78, 5) is 39.6. The zero-order valence-electron chi connectivity index (χ0n) is 19.2. The lowest BCUT2D eigenvalue weighted by Crippen LogP contribution is -2.51. The normalized spacial score (nSPS) is 17.2. The molecule has 0 radical (unpaired) electrons. The van der Waals surface area contributed by atoms with Crippen molar-refractivity contribution in [2.24, 2.45) is 0 Å². The fraction of sp³-hybridized carbons (Fsp3) is 0.571. The van der Waals surface area contributed by atoms with Crippen LogP contribution < -0.4 is 4.74 Å². The van der Waals surface area contributed by atoms with E-state index in [4.69, 9.17) is 18.9 Å². The highest BCUT2D eigenvalue weighted by atomic mass is 32.2. The third-order valence-corrected chi connectivity index (χ3v) is 7.39. The van der Waals surface area contributed by atoms with Crippen molar-refractivity contribution in [2.75, 3.05) is 72.8 Å². The van der Waals surface area contributed by atoms with E-state index in [0.29, 0.717) is 26.2 Å². The van der Waals surface area contributed by atoms with Crippen molar-refractivity contribution in [1.82, 2.24) is 14.1 Å². The number of hydrogen-bond acceptors (Lipinski definition) is 9. The third kappa shape index (κ3) is 5.96. The minimum Gasteiger partial charge on any atom is -0.495 e. The Labute approximate surface area is 198 Å². The molecule has 1 aromatic rings. The van der Waals surface area contributed by atoms with Gasteiger partial charge in [0.15, 0.2) is 6.61 Å². The van der Waals surface area contributed by atoms with Crippen molar-refractivity contribution in [3.8, 4) is 5.75 Å². The average molecular weight is 500 g/mol. The van der Waals surface area contributed by atoms with Gasteiger partial charge in [-0.15, -0.1) is 0 Å². The predicted molar refractivity (Wildman–Crippen MR) is 118 cm³/mol. The van der Waals surface area contributed by atoms with E-state index in [1.54, 1.807) is 6.92 Å². The maximum atomic E-state index is 13.1. The van der Waals surface area contributed by atoms with Crippen LogP contribution >= 0.6 is 0 Å². The van der Waals surface area contributed by atoms with E-state index in [1.807, 2.05) is 0 Å². The van der Waals surface area contributed by atoms with Crippen molar-refractivity contribution in [1.29, 1.82) is 0 Å². The second kappa shape index (κ2) is 11.5. The number of piperazine rings is 1. The fourth-order valence-corrected chi connectivity index (χ4v) is 5.18.